The highest BCUT2D eigenvalue weighted by molar-refractivity contribution is 5.79. The maximum absolute atomic E-state index is 15.1. The van der Waals surface area contributed by atoms with Crippen LogP contribution in [0.25, 0.3) is 11.0 Å². The molecule has 2 heterocycles. The number of aliphatic hydroxyl groups excluding tert-OH is 1. The molecule has 2 atom stereocenters. The van der Waals surface area contributed by atoms with Crippen molar-refractivity contribution in [2.24, 2.45) is 5.92 Å². The summed E-state index contributed by atoms with van der Waals surface area (Å²) in [6, 6.07) is 1.77. The summed E-state index contributed by atoms with van der Waals surface area (Å²) in [5.74, 6) is -0.479. The van der Waals surface area contributed by atoms with E-state index in [1.165, 1.54) is 0 Å². The van der Waals surface area contributed by atoms with Gasteiger partial charge >= 0.3 is 0 Å². The van der Waals surface area contributed by atoms with E-state index < -0.39 is 12.0 Å². The first-order valence-electron chi connectivity index (χ1n) is 8.87. The smallest absolute Gasteiger partial charge is 0.216 e. The minimum atomic E-state index is -0.997. The molecule has 1 saturated heterocycles. The van der Waals surface area contributed by atoms with Gasteiger partial charge in [0, 0.05) is 19.0 Å². The van der Waals surface area contributed by atoms with Gasteiger partial charge < -0.3 is 14.6 Å². The van der Waals surface area contributed by atoms with Crippen molar-refractivity contribution >= 4 is 17.3 Å². The average Bonchev–Trinajstić information content (AvgIpc) is 3.09. The van der Waals surface area contributed by atoms with Crippen LogP contribution in [-0.2, 0) is 22.4 Å². The Hall–Kier alpha value is -1.90. The minimum Gasteiger partial charge on any atom is -0.356 e. The molecule has 0 radical (unpaired) electrons. The summed E-state index contributed by atoms with van der Waals surface area (Å²) >= 11 is 0. The number of ether oxygens (including phenoxy) is 1. The molecule has 26 heavy (non-hydrogen) atoms. The summed E-state index contributed by atoms with van der Waals surface area (Å²) in [5.41, 5.74) is 1.89. The Bertz CT molecular complexity index is 854. The van der Waals surface area contributed by atoms with Crippen molar-refractivity contribution in [3.63, 3.8) is 0 Å². The maximum atomic E-state index is 15.1. The third-order valence-electron chi connectivity index (χ3n) is 5.04. The van der Waals surface area contributed by atoms with Crippen molar-refractivity contribution in [3.8, 4) is 0 Å². The van der Waals surface area contributed by atoms with Crippen LogP contribution >= 0.6 is 0 Å². The van der Waals surface area contributed by atoms with E-state index in [4.69, 9.17) is 4.74 Å². The fourth-order valence-electron chi connectivity index (χ4n) is 3.74. The van der Waals surface area contributed by atoms with Gasteiger partial charge in [0.1, 0.15) is 17.3 Å². The molecular formula is C18H23FN4O3. The Morgan fingerprint density at radius 3 is 2.77 bits per heavy atom. The van der Waals surface area contributed by atoms with Crippen LogP contribution in [-0.4, -0.2) is 56.4 Å². The van der Waals surface area contributed by atoms with Gasteiger partial charge in [0.15, 0.2) is 5.82 Å². The largest absolute Gasteiger partial charge is 0.356 e. The van der Waals surface area contributed by atoms with Crippen LogP contribution in [0, 0.1) is 11.7 Å². The first-order chi connectivity index (χ1) is 12.3. The summed E-state index contributed by atoms with van der Waals surface area (Å²) < 4.78 is 22.2. The van der Waals surface area contributed by atoms with E-state index in [1.807, 2.05) is 26.8 Å². The van der Waals surface area contributed by atoms with E-state index in [2.05, 4.69) is 10.3 Å². The van der Waals surface area contributed by atoms with E-state index in [9.17, 15) is 9.90 Å². The minimum absolute atomic E-state index is 0.0750. The number of nitrogens with zero attached hydrogens (tertiary/aromatic N) is 4. The number of aromatic nitrogens is 3. The molecular weight excluding hydrogens is 339 g/mol. The lowest BCUT2D eigenvalue weighted by atomic mass is 10.1. The molecule has 1 aliphatic carbocycles. The normalized spacial score (nSPS) is 22.4. The lowest BCUT2D eigenvalue weighted by Crippen LogP contribution is -2.55. The van der Waals surface area contributed by atoms with Crippen LogP contribution in [0.5, 0.6) is 0 Å². The number of benzene rings is 1. The quantitative estimate of drug-likeness (QED) is 0.655. The zero-order valence-electron chi connectivity index (χ0n) is 15.1. The van der Waals surface area contributed by atoms with Crippen molar-refractivity contribution in [1.82, 2.24) is 19.9 Å². The van der Waals surface area contributed by atoms with Gasteiger partial charge in [-0.15, -0.1) is 5.10 Å². The fourth-order valence-corrected chi connectivity index (χ4v) is 3.74. The number of aliphatic hydroxyl groups is 1. The lowest BCUT2D eigenvalue weighted by molar-refractivity contribution is -0.259. The van der Waals surface area contributed by atoms with E-state index in [-0.39, 0.29) is 17.8 Å². The molecule has 2 aromatic rings. The van der Waals surface area contributed by atoms with Gasteiger partial charge in [-0.05, 0) is 50.8 Å². The SMILES string of the molecule is CC(C)(C)OC(O)N1CC(n2nnc3cc4c(c(F)c32)CC(C=O)C4)C1. The monoisotopic (exact) mass is 362 g/mol. The van der Waals surface area contributed by atoms with Crippen molar-refractivity contribution in [1.29, 1.82) is 0 Å². The van der Waals surface area contributed by atoms with Crippen LogP contribution in [0.4, 0.5) is 4.39 Å². The van der Waals surface area contributed by atoms with E-state index in [1.54, 1.807) is 9.58 Å². The highest BCUT2D eigenvalue weighted by Gasteiger charge is 2.37. The first kappa shape index (κ1) is 17.5. The molecule has 140 valence electrons. The molecule has 1 aromatic heterocycles. The number of carbonyl (C=O) groups excluding carboxylic acids is 1. The predicted molar refractivity (Wildman–Crippen MR) is 91.9 cm³/mol. The Balaban J connectivity index is 1.55. The summed E-state index contributed by atoms with van der Waals surface area (Å²) in [4.78, 5) is 12.8. The molecule has 1 aliphatic heterocycles. The third-order valence-corrected chi connectivity index (χ3v) is 5.04. The molecule has 2 unspecified atom stereocenters. The maximum Gasteiger partial charge on any atom is 0.216 e. The van der Waals surface area contributed by atoms with E-state index in [0.29, 0.717) is 42.5 Å². The van der Waals surface area contributed by atoms with Crippen LogP contribution in [0.1, 0.15) is 37.9 Å². The molecule has 1 fully saturated rings. The van der Waals surface area contributed by atoms with Crippen molar-refractivity contribution < 1.29 is 19.0 Å². The number of likely N-dealkylation sites (tertiary alicyclic amines) is 1. The van der Waals surface area contributed by atoms with Crippen LogP contribution in [0.2, 0.25) is 0 Å². The molecule has 0 amide bonds. The summed E-state index contributed by atoms with van der Waals surface area (Å²) in [7, 11) is 0. The Morgan fingerprint density at radius 1 is 1.38 bits per heavy atom. The Labute approximate surface area is 150 Å². The van der Waals surface area contributed by atoms with Gasteiger partial charge in [0.25, 0.3) is 0 Å². The fraction of sp³-hybridized carbons (Fsp3) is 0.611. The molecule has 2 aliphatic rings. The number of halogens is 1. The van der Waals surface area contributed by atoms with Crippen molar-refractivity contribution in [3.05, 3.63) is 23.0 Å². The molecule has 7 nitrogen and oxygen atoms in total. The second-order valence-corrected chi connectivity index (χ2v) is 8.20. The lowest BCUT2D eigenvalue weighted by Gasteiger charge is -2.43. The topological polar surface area (TPSA) is 80.5 Å². The van der Waals surface area contributed by atoms with Gasteiger partial charge in [-0.1, -0.05) is 5.21 Å². The molecule has 1 aromatic carbocycles. The van der Waals surface area contributed by atoms with Gasteiger partial charge in [-0.3, -0.25) is 4.90 Å². The second-order valence-electron chi connectivity index (χ2n) is 8.20. The van der Waals surface area contributed by atoms with Gasteiger partial charge in [-0.25, -0.2) is 9.07 Å². The molecule has 1 N–H and O–H groups in total. The highest BCUT2D eigenvalue weighted by Crippen LogP contribution is 2.34. The summed E-state index contributed by atoms with van der Waals surface area (Å²) in [6.07, 6.45) is 0.889. The molecule has 0 saturated carbocycles. The Morgan fingerprint density at radius 2 is 2.12 bits per heavy atom. The van der Waals surface area contributed by atoms with Crippen LogP contribution in [0.15, 0.2) is 6.07 Å². The number of carbonyl (C=O) groups is 1. The van der Waals surface area contributed by atoms with Crippen molar-refractivity contribution in [2.75, 3.05) is 13.1 Å². The van der Waals surface area contributed by atoms with Gasteiger partial charge in [0.05, 0.1) is 11.6 Å². The number of fused-ring (bicyclic) bond motifs is 2. The van der Waals surface area contributed by atoms with E-state index >= 15 is 4.39 Å². The predicted octanol–water partition coefficient (Wildman–Crippen LogP) is 1.43. The third kappa shape index (κ3) is 2.91. The first-order valence-corrected chi connectivity index (χ1v) is 8.87. The molecule has 0 spiro atoms. The Kier molecular flexibility index (Phi) is 4.09. The number of rotatable bonds is 4. The number of hydrogen-bond donors (Lipinski definition) is 1. The van der Waals surface area contributed by atoms with Crippen molar-refractivity contribution in [2.45, 2.75) is 51.7 Å². The molecule has 8 heteroatoms. The molecule has 0 bridgehead atoms. The van der Waals surface area contributed by atoms with E-state index in [0.717, 1.165) is 11.8 Å². The zero-order chi connectivity index (χ0) is 18.6. The highest BCUT2D eigenvalue weighted by atomic mass is 19.1. The summed E-state index contributed by atoms with van der Waals surface area (Å²) in [6.45, 7) is 6.63. The average molecular weight is 362 g/mol. The van der Waals surface area contributed by atoms with Crippen LogP contribution in [0.3, 0.4) is 0 Å². The standard InChI is InChI=1S/C18H23FN4O3/c1-18(2,3)26-17(25)22-7-12(8-22)23-16-14(20-21-23)6-11-4-10(9-24)5-13(11)15(16)19/h6,9-10,12,17,25H,4-5,7-8H2,1-3H3. The number of hydrogen-bond acceptors (Lipinski definition) is 6. The summed E-state index contributed by atoms with van der Waals surface area (Å²) in [5, 5.41) is 18.4. The number of aldehydes is 1. The zero-order valence-corrected chi connectivity index (χ0v) is 15.1. The van der Waals surface area contributed by atoms with Gasteiger partial charge in [0.2, 0.25) is 6.41 Å². The van der Waals surface area contributed by atoms with Gasteiger partial charge in [-0.2, -0.15) is 0 Å². The second kappa shape index (κ2) is 6.07. The van der Waals surface area contributed by atoms with Crippen LogP contribution < -0.4 is 0 Å². The molecule has 4 rings (SSSR count).